The molecule has 3 nitrogen and oxygen atoms in total. The number of benzene rings is 2. The summed E-state index contributed by atoms with van der Waals surface area (Å²) in [5.74, 6) is 0. The van der Waals surface area contributed by atoms with Crippen molar-refractivity contribution in [1.29, 1.82) is 0 Å². The average Bonchev–Trinajstić information content (AvgIpc) is 3.13. The zero-order valence-corrected chi connectivity index (χ0v) is 16.2. The Morgan fingerprint density at radius 1 is 0.846 bits per heavy atom. The van der Waals surface area contributed by atoms with Crippen molar-refractivity contribution in [1.82, 2.24) is 14.8 Å². The molecule has 26 heavy (non-hydrogen) atoms. The molecule has 0 spiro atoms. The molecule has 134 valence electrons. The van der Waals surface area contributed by atoms with Crippen LogP contribution < -0.4 is 0 Å². The second kappa shape index (κ2) is 8.31. The lowest BCUT2D eigenvalue weighted by molar-refractivity contribution is 0.121. The Morgan fingerprint density at radius 3 is 2.23 bits per heavy atom. The molecule has 0 saturated carbocycles. The molecule has 0 bridgehead atoms. The van der Waals surface area contributed by atoms with Gasteiger partial charge in [0.1, 0.15) is 5.01 Å². The van der Waals surface area contributed by atoms with Crippen LogP contribution in [0.5, 0.6) is 0 Å². The van der Waals surface area contributed by atoms with E-state index in [4.69, 9.17) is 16.6 Å². The Balaban J connectivity index is 1.32. The molecule has 5 heteroatoms. The smallest absolute Gasteiger partial charge is 0.125 e. The minimum Gasteiger partial charge on any atom is -0.297 e. The number of piperazine rings is 1. The molecule has 4 rings (SSSR count). The van der Waals surface area contributed by atoms with E-state index in [2.05, 4.69) is 45.5 Å². The molecule has 0 radical (unpaired) electrons. The molecule has 1 aliphatic rings. The molecule has 0 N–H and O–H groups in total. The molecule has 1 fully saturated rings. The van der Waals surface area contributed by atoms with Gasteiger partial charge in [0.2, 0.25) is 0 Å². The molecule has 0 aliphatic carbocycles. The van der Waals surface area contributed by atoms with Crippen molar-refractivity contribution >= 4 is 22.9 Å². The Morgan fingerprint density at radius 2 is 1.50 bits per heavy atom. The fourth-order valence-corrected chi connectivity index (χ4v) is 4.45. The summed E-state index contributed by atoms with van der Waals surface area (Å²) < 4.78 is 0. The zero-order chi connectivity index (χ0) is 17.8. The fourth-order valence-electron chi connectivity index (χ4n) is 3.31. The quantitative estimate of drug-likeness (QED) is 0.632. The minimum absolute atomic E-state index is 0.767. The van der Waals surface area contributed by atoms with E-state index < -0.39 is 0 Å². The van der Waals surface area contributed by atoms with Crippen LogP contribution in [0.3, 0.4) is 0 Å². The summed E-state index contributed by atoms with van der Waals surface area (Å²) >= 11 is 7.97. The molecular weight excluding hydrogens is 362 g/mol. The molecule has 0 amide bonds. The van der Waals surface area contributed by atoms with E-state index in [0.717, 1.165) is 60.6 Å². The van der Waals surface area contributed by atoms with Crippen LogP contribution in [0.2, 0.25) is 5.02 Å². The third kappa shape index (κ3) is 4.33. The lowest BCUT2D eigenvalue weighted by Gasteiger charge is -2.34. The first-order chi connectivity index (χ1) is 12.8. The molecule has 1 saturated heterocycles. The molecule has 2 aromatic carbocycles. The highest BCUT2D eigenvalue weighted by atomic mass is 35.5. The number of thiazole rings is 1. The summed E-state index contributed by atoms with van der Waals surface area (Å²) in [5.41, 5.74) is 3.56. The number of nitrogens with zero attached hydrogens (tertiary/aromatic N) is 3. The zero-order valence-electron chi connectivity index (χ0n) is 14.6. The van der Waals surface area contributed by atoms with Crippen molar-refractivity contribution in [2.24, 2.45) is 0 Å². The van der Waals surface area contributed by atoms with Gasteiger partial charge in [-0.15, -0.1) is 11.3 Å². The highest BCUT2D eigenvalue weighted by Crippen LogP contribution is 2.30. The molecule has 3 aromatic rings. The van der Waals surface area contributed by atoms with E-state index >= 15 is 0 Å². The van der Waals surface area contributed by atoms with Crippen molar-refractivity contribution in [2.45, 2.75) is 13.1 Å². The summed E-state index contributed by atoms with van der Waals surface area (Å²) in [7, 11) is 0. The van der Waals surface area contributed by atoms with Crippen LogP contribution in [0.15, 0.2) is 60.0 Å². The van der Waals surface area contributed by atoms with E-state index in [0.29, 0.717) is 0 Å². The Bertz CT molecular complexity index is 841. The van der Waals surface area contributed by atoms with Crippen molar-refractivity contribution in [3.05, 3.63) is 76.3 Å². The topological polar surface area (TPSA) is 19.4 Å². The van der Waals surface area contributed by atoms with Crippen LogP contribution in [0.4, 0.5) is 0 Å². The third-order valence-electron chi connectivity index (χ3n) is 4.76. The Hall–Kier alpha value is -1.72. The fraction of sp³-hybridized carbons (Fsp3) is 0.286. The second-order valence-corrected chi connectivity index (χ2v) is 7.93. The van der Waals surface area contributed by atoms with E-state index in [9.17, 15) is 0 Å². The first-order valence-corrected chi connectivity index (χ1v) is 10.2. The normalized spacial score (nSPS) is 16.0. The Kier molecular flexibility index (Phi) is 5.65. The summed E-state index contributed by atoms with van der Waals surface area (Å²) in [6, 6.07) is 18.6. The van der Waals surface area contributed by atoms with Gasteiger partial charge in [-0.1, -0.05) is 60.1 Å². The van der Waals surface area contributed by atoms with Crippen molar-refractivity contribution < 1.29 is 0 Å². The molecular formula is C21H22ClN3S. The van der Waals surface area contributed by atoms with E-state index in [1.54, 1.807) is 11.3 Å². The molecule has 0 unspecified atom stereocenters. The van der Waals surface area contributed by atoms with Crippen LogP contribution in [0, 0.1) is 0 Å². The van der Waals surface area contributed by atoms with Crippen LogP contribution in [-0.2, 0) is 13.1 Å². The third-order valence-corrected chi connectivity index (χ3v) is 6.01. The van der Waals surface area contributed by atoms with Crippen LogP contribution >= 0.6 is 22.9 Å². The van der Waals surface area contributed by atoms with E-state index in [-0.39, 0.29) is 0 Å². The maximum Gasteiger partial charge on any atom is 0.125 e. The van der Waals surface area contributed by atoms with Gasteiger partial charge in [-0.05, 0) is 11.6 Å². The molecule has 2 heterocycles. The SMILES string of the molecule is Clc1ccccc1-c1nc(CN2CCN(Cc3ccccc3)CC2)cs1. The maximum absolute atomic E-state index is 6.29. The average molecular weight is 384 g/mol. The summed E-state index contributed by atoms with van der Waals surface area (Å²) in [4.78, 5) is 9.82. The lowest BCUT2D eigenvalue weighted by atomic mass is 10.2. The summed E-state index contributed by atoms with van der Waals surface area (Å²) in [6.07, 6.45) is 0. The number of halogens is 1. The van der Waals surface area contributed by atoms with Gasteiger partial charge in [0, 0.05) is 50.2 Å². The summed E-state index contributed by atoms with van der Waals surface area (Å²) in [6.45, 7) is 6.35. The van der Waals surface area contributed by atoms with Crippen LogP contribution in [0.1, 0.15) is 11.3 Å². The van der Waals surface area contributed by atoms with Gasteiger partial charge in [-0.2, -0.15) is 0 Å². The first kappa shape index (κ1) is 17.7. The van der Waals surface area contributed by atoms with E-state index in [1.165, 1.54) is 5.56 Å². The molecule has 1 aromatic heterocycles. The highest BCUT2D eigenvalue weighted by Gasteiger charge is 2.18. The number of hydrogen-bond acceptors (Lipinski definition) is 4. The van der Waals surface area contributed by atoms with Gasteiger partial charge >= 0.3 is 0 Å². The maximum atomic E-state index is 6.29. The van der Waals surface area contributed by atoms with Crippen molar-refractivity contribution in [2.75, 3.05) is 26.2 Å². The van der Waals surface area contributed by atoms with Gasteiger partial charge in [0.25, 0.3) is 0 Å². The standard InChI is InChI=1S/C21H22ClN3S/c22-20-9-5-4-8-19(20)21-23-18(16-26-21)15-25-12-10-24(11-13-25)14-17-6-2-1-3-7-17/h1-9,16H,10-15H2. The molecule has 1 aliphatic heterocycles. The van der Waals surface area contributed by atoms with Gasteiger partial charge in [0.15, 0.2) is 0 Å². The largest absolute Gasteiger partial charge is 0.297 e. The second-order valence-electron chi connectivity index (χ2n) is 6.66. The minimum atomic E-state index is 0.767. The van der Waals surface area contributed by atoms with Gasteiger partial charge in [0.05, 0.1) is 10.7 Å². The Labute approximate surface area is 163 Å². The van der Waals surface area contributed by atoms with E-state index in [1.807, 2.05) is 24.3 Å². The van der Waals surface area contributed by atoms with Gasteiger partial charge < -0.3 is 0 Å². The van der Waals surface area contributed by atoms with Crippen LogP contribution in [0.25, 0.3) is 10.6 Å². The lowest BCUT2D eigenvalue weighted by Crippen LogP contribution is -2.45. The number of aromatic nitrogens is 1. The van der Waals surface area contributed by atoms with Crippen LogP contribution in [-0.4, -0.2) is 41.0 Å². The van der Waals surface area contributed by atoms with Crippen molar-refractivity contribution in [3.63, 3.8) is 0 Å². The highest BCUT2D eigenvalue weighted by molar-refractivity contribution is 7.13. The summed E-state index contributed by atoms with van der Waals surface area (Å²) in [5, 5.41) is 3.94. The monoisotopic (exact) mass is 383 g/mol. The predicted octanol–water partition coefficient (Wildman–Crippen LogP) is 4.78. The predicted molar refractivity (Wildman–Crippen MR) is 110 cm³/mol. The first-order valence-electron chi connectivity index (χ1n) is 8.96. The molecule has 0 atom stereocenters. The van der Waals surface area contributed by atoms with Crippen molar-refractivity contribution in [3.8, 4) is 10.6 Å². The van der Waals surface area contributed by atoms with Gasteiger partial charge in [-0.3, -0.25) is 9.80 Å². The van der Waals surface area contributed by atoms with Gasteiger partial charge in [-0.25, -0.2) is 4.98 Å². The number of rotatable bonds is 5. The number of hydrogen-bond donors (Lipinski definition) is 0.